The highest BCUT2D eigenvalue weighted by molar-refractivity contribution is 6.30. The second-order valence-corrected chi connectivity index (χ2v) is 6.55. The minimum absolute atomic E-state index is 0.886. The number of rotatable bonds is 0. The molecule has 0 aliphatic rings. The summed E-state index contributed by atoms with van der Waals surface area (Å²) in [5.74, 6) is 0. The van der Waals surface area contributed by atoms with Crippen molar-refractivity contribution < 1.29 is 0 Å². The number of hydrogen-bond donors (Lipinski definition) is 2. The summed E-state index contributed by atoms with van der Waals surface area (Å²) in [6, 6.07) is 8.83. The minimum atomic E-state index is 0.886. The van der Waals surface area contributed by atoms with Crippen molar-refractivity contribution in [3.8, 4) is 0 Å². The molecule has 4 aromatic rings. The van der Waals surface area contributed by atoms with Gasteiger partial charge in [-0.2, -0.15) is 0 Å². The first-order chi connectivity index (χ1) is 10.4. The van der Waals surface area contributed by atoms with Crippen LogP contribution in [-0.2, 0) is 0 Å². The van der Waals surface area contributed by atoms with E-state index in [0.29, 0.717) is 0 Å². The zero-order valence-electron chi connectivity index (χ0n) is 13.5. The Balaban J connectivity index is 2.52. The summed E-state index contributed by atoms with van der Waals surface area (Å²) >= 11 is 0. The first kappa shape index (κ1) is 13.2. The number of nitrogen functional groups attached to an aromatic ring is 2. The molecule has 0 fully saturated rings. The van der Waals surface area contributed by atoms with E-state index in [1.165, 1.54) is 32.7 Å². The Morgan fingerprint density at radius 1 is 0.545 bits per heavy atom. The van der Waals surface area contributed by atoms with Crippen LogP contribution in [0, 0.1) is 27.7 Å². The summed E-state index contributed by atoms with van der Waals surface area (Å²) in [7, 11) is 0. The van der Waals surface area contributed by atoms with Crippen molar-refractivity contribution in [2.24, 2.45) is 0 Å². The lowest BCUT2D eigenvalue weighted by Gasteiger charge is -2.20. The molecule has 0 atom stereocenters. The van der Waals surface area contributed by atoms with Gasteiger partial charge in [0.2, 0.25) is 0 Å². The predicted molar refractivity (Wildman–Crippen MR) is 97.9 cm³/mol. The molecule has 0 radical (unpaired) electrons. The van der Waals surface area contributed by atoms with Crippen LogP contribution >= 0.6 is 0 Å². The number of hydrogen-bond acceptors (Lipinski definition) is 2. The van der Waals surface area contributed by atoms with Crippen molar-refractivity contribution in [1.82, 2.24) is 0 Å². The maximum Gasteiger partial charge on any atom is 0.0430 e. The molecular formula is C20H20N2. The zero-order chi connectivity index (χ0) is 15.8. The standard InChI is InChI=1S/C20H20N2/c1-9-5-13-11(3)20(22)16-8-10(2)6-14-12(4)19(21)15(7-9)17(13)18(14)16/h5-8H,21-22H2,1-4H3. The van der Waals surface area contributed by atoms with Crippen LogP contribution in [0.4, 0.5) is 11.4 Å². The van der Waals surface area contributed by atoms with Gasteiger partial charge < -0.3 is 11.5 Å². The van der Waals surface area contributed by atoms with Crippen LogP contribution in [0.25, 0.3) is 32.3 Å². The Kier molecular flexibility index (Phi) is 2.42. The minimum Gasteiger partial charge on any atom is -0.398 e. The van der Waals surface area contributed by atoms with Crippen LogP contribution in [0.5, 0.6) is 0 Å². The number of anilines is 2. The molecular weight excluding hydrogens is 268 g/mol. The quantitative estimate of drug-likeness (QED) is 0.354. The van der Waals surface area contributed by atoms with Gasteiger partial charge in [-0.15, -0.1) is 0 Å². The molecule has 0 saturated heterocycles. The second-order valence-electron chi connectivity index (χ2n) is 6.55. The summed E-state index contributed by atoms with van der Waals surface area (Å²) in [5, 5.41) is 7.26. The SMILES string of the molecule is Cc1cc2c(C)c(N)c3cc(C)cc4c(C)c(N)c(c1)c2c43. The van der Waals surface area contributed by atoms with E-state index in [9.17, 15) is 0 Å². The summed E-state index contributed by atoms with van der Waals surface area (Å²) in [6.07, 6.45) is 0. The molecule has 4 aromatic carbocycles. The first-order valence-electron chi connectivity index (χ1n) is 7.64. The molecule has 0 heterocycles. The molecule has 0 aliphatic heterocycles. The average Bonchev–Trinajstić information content (AvgIpc) is 2.48. The predicted octanol–water partition coefficient (Wildman–Crippen LogP) is 4.98. The largest absolute Gasteiger partial charge is 0.398 e. The summed E-state index contributed by atoms with van der Waals surface area (Å²) in [6.45, 7) is 8.44. The van der Waals surface area contributed by atoms with Crippen LogP contribution in [0.3, 0.4) is 0 Å². The van der Waals surface area contributed by atoms with Crippen LogP contribution < -0.4 is 11.5 Å². The van der Waals surface area contributed by atoms with Gasteiger partial charge in [-0.25, -0.2) is 0 Å². The van der Waals surface area contributed by atoms with E-state index in [1.807, 2.05) is 0 Å². The highest BCUT2D eigenvalue weighted by Crippen LogP contribution is 2.45. The second kappa shape index (κ2) is 4.04. The van der Waals surface area contributed by atoms with Crippen LogP contribution in [0.1, 0.15) is 22.3 Å². The maximum atomic E-state index is 6.48. The van der Waals surface area contributed by atoms with Crippen molar-refractivity contribution in [2.45, 2.75) is 27.7 Å². The van der Waals surface area contributed by atoms with Crippen molar-refractivity contribution in [3.05, 3.63) is 46.5 Å². The highest BCUT2D eigenvalue weighted by Gasteiger charge is 2.18. The first-order valence-corrected chi connectivity index (χ1v) is 7.64. The van der Waals surface area contributed by atoms with Crippen molar-refractivity contribution >= 4 is 43.7 Å². The number of nitrogens with two attached hydrogens (primary N) is 2. The number of benzene rings is 4. The molecule has 0 bridgehead atoms. The fourth-order valence-corrected chi connectivity index (χ4v) is 3.82. The Labute approximate surface area is 130 Å². The van der Waals surface area contributed by atoms with E-state index in [4.69, 9.17) is 11.5 Å². The third-order valence-corrected chi connectivity index (χ3v) is 5.01. The smallest absolute Gasteiger partial charge is 0.0430 e. The average molecular weight is 288 g/mol. The molecule has 0 amide bonds. The van der Waals surface area contributed by atoms with Gasteiger partial charge in [0, 0.05) is 22.1 Å². The fourth-order valence-electron chi connectivity index (χ4n) is 3.82. The molecule has 0 saturated carbocycles. The van der Waals surface area contributed by atoms with Crippen molar-refractivity contribution in [1.29, 1.82) is 0 Å². The van der Waals surface area contributed by atoms with Gasteiger partial charge in [0.05, 0.1) is 0 Å². The third-order valence-electron chi connectivity index (χ3n) is 5.01. The molecule has 22 heavy (non-hydrogen) atoms. The molecule has 2 nitrogen and oxygen atoms in total. The summed E-state index contributed by atoms with van der Waals surface area (Å²) < 4.78 is 0. The molecule has 0 aliphatic carbocycles. The lowest BCUT2D eigenvalue weighted by atomic mass is 9.85. The third kappa shape index (κ3) is 1.45. The van der Waals surface area contributed by atoms with Gasteiger partial charge in [-0.1, -0.05) is 12.1 Å². The van der Waals surface area contributed by atoms with Crippen molar-refractivity contribution in [2.75, 3.05) is 11.5 Å². The Hall–Kier alpha value is -2.48. The maximum absolute atomic E-state index is 6.48. The molecule has 0 unspecified atom stereocenters. The lowest BCUT2D eigenvalue weighted by Crippen LogP contribution is -2.00. The van der Waals surface area contributed by atoms with E-state index in [1.54, 1.807) is 0 Å². The summed E-state index contributed by atoms with van der Waals surface area (Å²) in [4.78, 5) is 0. The van der Waals surface area contributed by atoms with Crippen LogP contribution in [-0.4, -0.2) is 0 Å². The van der Waals surface area contributed by atoms with E-state index >= 15 is 0 Å². The Morgan fingerprint density at radius 2 is 0.864 bits per heavy atom. The topological polar surface area (TPSA) is 52.0 Å². The summed E-state index contributed by atoms with van der Waals surface area (Å²) in [5.41, 5.74) is 19.5. The zero-order valence-corrected chi connectivity index (χ0v) is 13.5. The highest BCUT2D eigenvalue weighted by atomic mass is 14.6. The molecule has 2 heteroatoms. The van der Waals surface area contributed by atoms with Gasteiger partial charge >= 0.3 is 0 Å². The number of aryl methyl sites for hydroxylation is 4. The van der Waals surface area contributed by atoms with Crippen molar-refractivity contribution in [3.63, 3.8) is 0 Å². The van der Waals surface area contributed by atoms with Gasteiger partial charge in [0.25, 0.3) is 0 Å². The van der Waals surface area contributed by atoms with E-state index in [0.717, 1.165) is 33.3 Å². The lowest BCUT2D eigenvalue weighted by molar-refractivity contribution is 1.46. The van der Waals surface area contributed by atoms with Gasteiger partial charge in [0.1, 0.15) is 0 Å². The molecule has 4 N–H and O–H groups in total. The van der Waals surface area contributed by atoms with E-state index in [-0.39, 0.29) is 0 Å². The van der Waals surface area contributed by atoms with Gasteiger partial charge in [-0.3, -0.25) is 0 Å². The van der Waals surface area contributed by atoms with E-state index < -0.39 is 0 Å². The molecule has 0 spiro atoms. The molecule has 4 rings (SSSR count). The normalized spacial score (nSPS) is 12.0. The molecule has 110 valence electrons. The Bertz CT molecular complexity index is 909. The molecule has 0 aromatic heterocycles. The monoisotopic (exact) mass is 288 g/mol. The van der Waals surface area contributed by atoms with Crippen LogP contribution in [0.15, 0.2) is 24.3 Å². The fraction of sp³-hybridized carbons (Fsp3) is 0.200. The van der Waals surface area contributed by atoms with Crippen LogP contribution in [0.2, 0.25) is 0 Å². The van der Waals surface area contributed by atoms with Gasteiger partial charge in [0.15, 0.2) is 0 Å². The van der Waals surface area contributed by atoms with E-state index in [2.05, 4.69) is 52.0 Å². The van der Waals surface area contributed by atoms with Gasteiger partial charge in [-0.05, 0) is 83.6 Å². The Morgan fingerprint density at radius 3 is 1.23 bits per heavy atom.